The molecule has 1 aromatic heterocycles. The SMILES string of the molecule is Nc1c([N+](=O)[O-])cnn1Cc1cc(F)cc(F)c1. The van der Waals surface area contributed by atoms with Gasteiger partial charge in [-0.1, -0.05) is 0 Å². The molecule has 0 amide bonds. The van der Waals surface area contributed by atoms with Gasteiger partial charge in [0.05, 0.1) is 11.5 Å². The Morgan fingerprint density at radius 2 is 1.94 bits per heavy atom. The highest BCUT2D eigenvalue weighted by molar-refractivity contribution is 5.51. The maximum absolute atomic E-state index is 13.0. The average molecular weight is 254 g/mol. The number of aromatic nitrogens is 2. The Morgan fingerprint density at radius 3 is 2.44 bits per heavy atom. The summed E-state index contributed by atoms with van der Waals surface area (Å²) in [5, 5.41) is 14.2. The quantitative estimate of drug-likeness (QED) is 0.667. The lowest BCUT2D eigenvalue weighted by molar-refractivity contribution is -0.384. The minimum Gasteiger partial charge on any atom is -0.378 e. The Balaban J connectivity index is 2.31. The van der Waals surface area contributed by atoms with Gasteiger partial charge in [-0.15, -0.1) is 0 Å². The van der Waals surface area contributed by atoms with Crippen LogP contribution in [0.2, 0.25) is 0 Å². The van der Waals surface area contributed by atoms with Gasteiger partial charge in [0.15, 0.2) is 0 Å². The third-order valence-electron chi connectivity index (χ3n) is 2.31. The number of hydrogen-bond acceptors (Lipinski definition) is 4. The van der Waals surface area contributed by atoms with Crippen molar-refractivity contribution in [3.63, 3.8) is 0 Å². The van der Waals surface area contributed by atoms with Gasteiger partial charge in [-0.25, -0.2) is 13.5 Å². The molecule has 1 heterocycles. The molecular weight excluding hydrogens is 246 g/mol. The molecule has 2 aromatic rings. The second kappa shape index (κ2) is 4.40. The average Bonchev–Trinajstić information content (AvgIpc) is 2.59. The van der Waals surface area contributed by atoms with E-state index >= 15 is 0 Å². The molecule has 94 valence electrons. The van der Waals surface area contributed by atoms with Crippen molar-refractivity contribution in [1.82, 2.24) is 9.78 Å². The van der Waals surface area contributed by atoms with Crippen LogP contribution < -0.4 is 5.73 Å². The smallest absolute Gasteiger partial charge is 0.330 e. The van der Waals surface area contributed by atoms with Gasteiger partial charge in [0.25, 0.3) is 0 Å². The minimum atomic E-state index is -0.731. The highest BCUT2D eigenvalue weighted by atomic mass is 19.1. The summed E-state index contributed by atoms with van der Waals surface area (Å²) in [5.41, 5.74) is 5.43. The molecule has 0 spiro atoms. The van der Waals surface area contributed by atoms with Crippen molar-refractivity contribution in [2.45, 2.75) is 6.54 Å². The van der Waals surface area contributed by atoms with Gasteiger partial charge in [-0.2, -0.15) is 5.10 Å². The molecule has 0 saturated heterocycles. The summed E-state index contributed by atoms with van der Waals surface area (Å²) < 4.78 is 27.0. The zero-order chi connectivity index (χ0) is 13.3. The Morgan fingerprint density at radius 1 is 1.33 bits per heavy atom. The van der Waals surface area contributed by atoms with Crippen LogP contribution in [-0.4, -0.2) is 14.7 Å². The molecule has 0 aliphatic carbocycles. The highest BCUT2D eigenvalue weighted by Gasteiger charge is 2.17. The third-order valence-corrected chi connectivity index (χ3v) is 2.31. The summed E-state index contributed by atoms with van der Waals surface area (Å²) in [6, 6.07) is 2.95. The van der Waals surface area contributed by atoms with Crippen LogP contribution >= 0.6 is 0 Å². The van der Waals surface area contributed by atoms with Gasteiger partial charge in [-0.3, -0.25) is 10.1 Å². The second-order valence-electron chi connectivity index (χ2n) is 3.61. The van der Waals surface area contributed by atoms with Gasteiger partial charge in [0.2, 0.25) is 5.82 Å². The molecule has 0 unspecified atom stereocenters. The zero-order valence-corrected chi connectivity index (χ0v) is 9.01. The van der Waals surface area contributed by atoms with Crippen molar-refractivity contribution in [1.29, 1.82) is 0 Å². The topological polar surface area (TPSA) is 87.0 Å². The van der Waals surface area contributed by atoms with Gasteiger partial charge >= 0.3 is 5.69 Å². The number of nitrogen functional groups attached to an aromatic ring is 1. The molecule has 0 radical (unpaired) electrons. The van der Waals surface area contributed by atoms with Gasteiger partial charge in [-0.05, 0) is 17.7 Å². The van der Waals surface area contributed by atoms with Crippen molar-refractivity contribution in [2.75, 3.05) is 5.73 Å². The van der Waals surface area contributed by atoms with E-state index in [9.17, 15) is 18.9 Å². The summed E-state index contributed by atoms with van der Waals surface area (Å²) >= 11 is 0. The first kappa shape index (κ1) is 12.0. The molecule has 0 atom stereocenters. The number of nitro groups is 1. The Hall–Kier alpha value is -2.51. The van der Waals surface area contributed by atoms with E-state index in [1.165, 1.54) is 0 Å². The van der Waals surface area contributed by atoms with Crippen molar-refractivity contribution in [3.05, 3.63) is 51.7 Å². The summed E-state index contributed by atoms with van der Waals surface area (Å²) in [5.74, 6) is -1.62. The molecule has 8 heteroatoms. The van der Waals surface area contributed by atoms with Crippen LogP contribution in [0.3, 0.4) is 0 Å². The van der Waals surface area contributed by atoms with E-state index in [2.05, 4.69) is 5.10 Å². The Bertz CT molecular complexity index is 592. The maximum Gasteiger partial charge on any atom is 0.330 e. The molecule has 2 rings (SSSR count). The summed E-state index contributed by atoms with van der Waals surface area (Å²) in [6.07, 6.45) is 0.991. The molecule has 0 aliphatic heterocycles. The normalized spacial score (nSPS) is 10.6. The third kappa shape index (κ3) is 2.26. The minimum absolute atomic E-state index is 0.0473. The second-order valence-corrected chi connectivity index (χ2v) is 3.61. The van der Waals surface area contributed by atoms with Gasteiger partial charge < -0.3 is 5.73 Å². The summed E-state index contributed by atoms with van der Waals surface area (Å²) in [6.45, 7) is -0.0473. The van der Waals surface area contributed by atoms with E-state index in [0.717, 1.165) is 29.1 Å². The predicted molar refractivity (Wildman–Crippen MR) is 58.8 cm³/mol. The first-order chi connectivity index (χ1) is 8.47. The predicted octanol–water partition coefficient (Wildman–Crippen LogP) is 1.70. The van der Waals surface area contributed by atoms with Crippen molar-refractivity contribution in [2.24, 2.45) is 0 Å². The van der Waals surface area contributed by atoms with Gasteiger partial charge in [0.1, 0.15) is 17.8 Å². The lowest BCUT2D eigenvalue weighted by atomic mass is 10.2. The molecule has 0 saturated carbocycles. The van der Waals surface area contributed by atoms with Crippen LogP contribution in [0.25, 0.3) is 0 Å². The Labute approximate surface area is 99.8 Å². The van der Waals surface area contributed by atoms with Crippen molar-refractivity contribution < 1.29 is 13.7 Å². The van der Waals surface area contributed by atoms with E-state index in [4.69, 9.17) is 5.73 Å². The lowest BCUT2D eigenvalue weighted by Crippen LogP contribution is -2.07. The molecule has 6 nitrogen and oxygen atoms in total. The van der Waals surface area contributed by atoms with E-state index in [-0.39, 0.29) is 23.6 Å². The fourth-order valence-corrected chi connectivity index (χ4v) is 1.53. The fourth-order valence-electron chi connectivity index (χ4n) is 1.53. The molecule has 1 aromatic carbocycles. The number of rotatable bonds is 3. The molecular formula is C10H8F2N4O2. The zero-order valence-electron chi connectivity index (χ0n) is 9.01. The van der Waals surface area contributed by atoms with Crippen molar-refractivity contribution in [3.8, 4) is 0 Å². The monoisotopic (exact) mass is 254 g/mol. The molecule has 0 bridgehead atoms. The van der Waals surface area contributed by atoms with Gasteiger partial charge in [0, 0.05) is 6.07 Å². The van der Waals surface area contributed by atoms with Crippen LogP contribution in [-0.2, 0) is 6.54 Å². The molecule has 0 aliphatic rings. The van der Waals surface area contributed by atoms with Crippen LogP contribution in [0, 0.1) is 21.7 Å². The van der Waals surface area contributed by atoms with Crippen LogP contribution in [0.1, 0.15) is 5.56 Å². The largest absolute Gasteiger partial charge is 0.378 e. The number of nitrogens with two attached hydrogens (primary N) is 1. The maximum atomic E-state index is 13.0. The van der Waals surface area contributed by atoms with Crippen molar-refractivity contribution >= 4 is 11.5 Å². The fraction of sp³-hybridized carbons (Fsp3) is 0.100. The van der Waals surface area contributed by atoms with Crippen LogP contribution in [0.5, 0.6) is 0 Å². The number of nitrogens with zero attached hydrogens (tertiary/aromatic N) is 3. The van der Waals surface area contributed by atoms with E-state index in [1.54, 1.807) is 0 Å². The highest BCUT2D eigenvalue weighted by Crippen LogP contribution is 2.21. The van der Waals surface area contributed by atoms with Crippen LogP contribution in [0.4, 0.5) is 20.3 Å². The number of halogens is 2. The first-order valence-corrected chi connectivity index (χ1v) is 4.88. The molecule has 0 fully saturated rings. The van der Waals surface area contributed by atoms with E-state index in [1.807, 2.05) is 0 Å². The number of hydrogen-bond donors (Lipinski definition) is 1. The lowest BCUT2D eigenvalue weighted by Gasteiger charge is -2.04. The first-order valence-electron chi connectivity index (χ1n) is 4.88. The van der Waals surface area contributed by atoms with E-state index < -0.39 is 16.6 Å². The summed E-state index contributed by atoms with van der Waals surface area (Å²) in [7, 11) is 0. The number of benzene rings is 1. The standard InChI is InChI=1S/C10H8F2N4O2/c11-7-1-6(2-8(12)3-7)5-15-10(13)9(4-14-15)16(17)18/h1-4H,5,13H2. The van der Waals surface area contributed by atoms with E-state index in [0.29, 0.717) is 0 Å². The van der Waals surface area contributed by atoms with Crippen LogP contribution in [0.15, 0.2) is 24.4 Å². The summed E-state index contributed by atoms with van der Waals surface area (Å²) in [4.78, 5) is 9.87. The number of anilines is 1. The Kier molecular flexibility index (Phi) is 2.92. The molecule has 2 N–H and O–H groups in total. The molecule has 18 heavy (non-hydrogen) atoms.